The highest BCUT2D eigenvalue weighted by molar-refractivity contribution is 5.27. The van der Waals surface area contributed by atoms with Crippen molar-refractivity contribution in [2.45, 2.75) is 25.4 Å². The van der Waals surface area contributed by atoms with E-state index < -0.39 is 0 Å². The van der Waals surface area contributed by atoms with E-state index in [0.717, 1.165) is 38.3 Å². The van der Waals surface area contributed by atoms with Gasteiger partial charge in [-0.3, -0.25) is 0 Å². The highest BCUT2D eigenvalue weighted by Crippen LogP contribution is 2.16. The first-order valence-corrected chi connectivity index (χ1v) is 6.34. The van der Waals surface area contributed by atoms with Gasteiger partial charge in [-0.1, -0.05) is 12.1 Å². The first-order chi connectivity index (χ1) is 8.38. The molecule has 94 valence electrons. The van der Waals surface area contributed by atoms with E-state index in [1.807, 2.05) is 0 Å². The zero-order valence-corrected chi connectivity index (χ0v) is 10.4. The number of piperidine rings is 1. The summed E-state index contributed by atoms with van der Waals surface area (Å²) < 4.78 is 11.0. The van der Waals surface area contributed by atoms with Crippen molar-refractivity contribution < 1.29 is 9.47 Å². The van der Waals surface area contributed by atoms with Gasteiger partial charge in [0.25, 0.3) is 0 Å². The van der Waals surface area contributed by atoms with Crippen LogP contribution in [0.4, 0.5) is 0 Å². The second kappa shape index (κ2) is 6.62. The molecule has 1 heterocycles. The van der Waals surface area contributed by atoms with Crippen molar-refractivity contribution in [2.75, 3.05) is 26.8 Å². The van der Waals surface area contributed by atoms with Crippen molar-refractivity contribution >= 4 is 0 Å². The van der Waals surface area contributed by atoms with E-state index >= 15 is 0 Å². The Bertz CT molecular complexity index is 317. The van der Waals surface area contributed by atoms with Crippen LogP contribution in [-0.4, -0.2) is 32.9 Å². The molecule has 0 aromatic heterocycles. The van der Waals surface area contributed by atoms with Crippen molar-refractivity contribution in [1.82, 2.24) is 5.32 Å². The van der Waals surface area contributed by atoms with Gasteiger partial charge in [-0.25, -0.2) is 0 Å². The molecule has 0 radical (unpaired) electrons. The molecule has 2 rings (SSSR count). The molecule has 0 aliphatic carbocycles. The lowest BCUT2D eigenvalue weighted by atomic mass is 10.1. The summed E-state index contributed by atoms with van der Waals surface area (Å²) in [4.78, 5) is 0. The molecular formula is C14H21NO2. The molecule has 1 N–H and O–H groups in total. The minimum Gasteiger partial charge on any atom is -0.489 e. The van der Waals surface area contributed by atoms with Crippen LogP contribution in [0.2, 0.25) is 0 Å². The summed E-state index contributed by atoms with van der Waals surface area (Å²) >= 11 is 0. The summed E-state index contributed by atoms with van der Waals surface area (Å²) in [6.07, 6.45) is 3.64. The second-order valence-electron chi connectivity index (χ2n) is 4.47. The maximum absolute atomic E-state index is 5.92. The largest absolute Gasteiger partial charge is 0.489 e. The van der Waals surface area contributed by atoms with Gasteiger partial charge in [-0.2, -0.15) is 0 Å². The zero-order chi connectivity index (χ0) is 11.9. The van der Waals surface area contributed by atoms with E-state index in [2.05, 4.69) is 29.6 Å². The first-order valence-electron chi connectivity index (χ1n) is 6.34. The topological polar surface area (TPSA) is 30.5 Å². The number of ether oxygens (including phenoxy) is 2. The van der Waals surface area contributed by atoms with Crippen molar-refractivity contribution in [3.05, 3.63) is 29.8 Å². The minimum absolute atomic E-state index is 0.327. The van der Waals surface area contributed by atoms with E-state index in [1.54, 1.807) is 7.11 Å². The molecule has 0 saturated carbocycles. The SMILES string of the molecule is COCCc1ccc(O[C@@H]2CCCNC2)cc1. The molecule has 17 heavy (non-hydrogen) atoms. The molecule has 0 amide bonds. The van der Waals surface area contributed by atoms with Crippen LogP contribution in [-0.2, 0) is 11.2 Å². The Balaban J connectivity index is 1.84. The van der Waals surface area contributed by atoms with Gasteiger partial charge in [-0.15, -0.1) is 0 Å². The fraction of sp³-hybridized carbons (Fsp3) is 0.571. The van der Waals surface area contributed by atoms with Crippen molar-refractivity contribution in [3.8, 4) is 5.75 Å². The van der Waals surface area contributed by atoms with Crippen LogP contribution in [0.15, 0.2) is 24.3 Å². The van der Waals surface area contributed by atoms with Crippen LogP contribution in [0.3, 0.4) is 0 Å². The fourth-order valence-corrected chi connectivity index (χ4v) is 2.07. The monoisotopic (exact) mass is 235 g/mol. The average molecular weight is 235 g/mol. The summed E-state index contributed by atoms with van der Waals surface area (Å²) in [5.74, 6) is 0.972. The molecule has 1 aromatic rings. The van der Waals surface area contributed by atoms with Gasteiger partial charge < -0.3 is 14.8 Å². The molecule has 3 heteroatoms. The third-order valence-corrected chi connectivity index (χ3v) is 3.07. The van der Waals surface area contributed by atoms with Crippen LogP contribution < -0.4 is 10.1 Å². The number of hydrogen-bond donors (Lipinski definition) is 1. The lowest BCUT2D eigenvalue weighted by molar-refractivity contribution is 0.167. The smallest absolute Gasteiger partial charge is 0.119 e. The van der Waals surface area contributed by atoms with E-state index in [1.165, 1.54) is 12.0 Å². The maximum Gasteiger partial charge on any atom is 0.119 e. The summed E-state index contributed by atoms with van der Waals surface area (Å²) in [7, 11) is 1.73. The standard InChI is InChI=1S/C14H21NO2/c1-16-10-8-12-4-6-13(7-5-12)17-14-3-2-9-15-11-14/h4-7,14-15H,2-3,8-11H2,1H3/t14-/m1/s1. The van der Waals surface area contributed by atoms with Gasteiger partial charge in [0.15, 0.2) is 0 Å². The fourth-order valence-electron chi connectivity index (χ4n) is 2.07. The number of nitrogens with one attached hydrogen (secondary N) is 1. The molecule has 0 spiro atoms. The molecule has 1 atom stereocenters. The number of benzene rings is 1. The van der Waals surface area contributed by atoms with Crippen molar-refractivity contribution in [2.24, 2.45) is 0 Å². The van der Waals surface area contributed by atoms with E-state index in [-0.39, 0.29) is 0 Å². The molecule has 1 saturated heterocycles. The predicted molar refractivity (Wildman–Crippen MR) is 68.5 cm³/mol. The second-order valence-corrected chi connectivity index (χ2v) is 4.47. The van der Waals surface area contributed by atoms with Crippen molar-refractivity contribution in [1.29, 1.82) is 0 Å². The molecule has 0 unspecified atom stereocenters. The van der Waals surface area contributed by atoms with Gasteiger partial charge in [0.2, 0.25) is 0 Å². The lowest BCUT2D eigenvalue weighted by Gasteiger charge is -2.24. The summed E-state index contributed by atoms with van der Waals surface area (Å²) in [5.41, 5.74) is 1.29. The van der Waals surface area contributed by atoms with E-state index in [9.17, 15) is 0 Å². The highest BCUT2D eigenvalue weighted by Gasteiger charge is 2.13. The maximum atomic E-state index is 5.92. The molecule has 1 fully saturated rings. The number of methoxy groups -OCH3 is 1. The van der Waals surface area contributed by atoms with Gasteiger partial charge >= 0.3 is 0 Å². The Morgan fingerprint density at radius 3 is 2.76 bits per heavy atom. The average Bonchev–Trinajstić information content (AvgIpc) is 2.39. The van der Waals surface area contributed by atoms with Gasteiger partial charge in [-0.05, 0) is 43.5 Å². The molecule has 0 bridgehead atoms. The molecule has 1 aliphatic rings. The number of hydrogen-bond acceptors (Lipinski definition) is 3. The predicted octanol–water partition coefficient (Wildman–Crippen LogP) is 2.01. The van der Waals surface area contributed by atoms with Gasteiger partial charge in [0.1, 0.15) is 11.9 Å². The van der Waals surface area contributed by atoms with Crippen LogP contribution >= 0.6 is 0 Å². The third kappa shape index (κ3) is 4.02. The zero-order valence-electron chi connectivity index (χ0n) is 10.4. The van der Waals surface area contributed by atoms with Crippen LogP contribution in [0, 0.1) is 0 Å². The van der Waals surface area contributed by atoms with E-state index in [0.29, 0.717) is 6.10 Å². The van der Waals surface area contributed by atoms with Crippen molar-refractivity contribution in [3.63, 3.8) is 0 Å². The molecule has 1 aromatic carbocycles. The Hall–Kier alpha value is -1.06. The summed E-state index contributed by atoms with van der Waals surface area (Å²) in [6.45, 7) is 2.86. The highest BCUT2D eigenvalue weighted by atomic mass is 16.5. The molecule has 3 nitrogen and oxygen atoms in total. The summed E-state index contributed by atoms with van der Waals surface area (Å²) in [5, 5.41) is 3.35. The van der Waals surface area contributed by atoms with Gasteiger partial charge in [0, 0.05) is 13.7 Å². The normalized spacial score (nSPS) is 20.2. The van der Waals surface area contributed by atoms with Crippen LogP contribution in [0.1, 0.15) is 18.4 Å². The van der Waals surface area contributed by atoms with Gasteiger partial charge in [0.05, 0.1) is 6.61 Å². The first kappa shape index (κ1) is 12.4. The van der Waals surface area contributed by atoms with Crippen LogP contribution in [0.25, 0.3) is 0 Å². The Morgan fingerprint density at radius 2 is 2.12 bits per heavy atom. The Kier molecular flexibility index (Phi) is 4.83. The lowest BCUT2D eigenvalue weighted by Crippen LogP contribution is -2.37. The third-order valence-electron chi connectivity index (χ3n) is 3.07. The Labute approximate surface area is 103 Å². The molecule has 1 aliphatic heterocycles. The summed E-state index contributed by atoms with van der Waals surface area (Å²) in [6, 6.07) is 8.34. The number of rotatable bonds is 5. The van der Waals surface area contributed by atoms with Crippen LogP contribution in [0.5, 0.6) is 5.75 Å². The minimum atomic E-state index is 0.327. The molecular weight excluding hydrogens is 214 g/mol. The quantitative estimate of drug-likeness (QED) is 0.847. The Morgan fingerprint density at radius 1 is 1.29 bits per heavy atom. The van der Waals surface area contributed by atoms with E-state index in [4.69, 9.17) is 9.47 Å².